The zero-order valence-electron chi connectivity index (χ0n) is 13.5. The number of benzene rings is 1. The smallest absolute Gasteiger partial charge is 0.119 e. The average molecular weight is 275 g/mol. The van der Waals surface area contributed by atoms with Crippen LogP contribution in [-0.2, 0) is 6.42 Å². The van der Waals surface area contributed by atoms with E-state index in [9.17, 15) is 0 Å². The predicted octanol–water partition coefficient (Wildman–Crippen LogP) is 4.19. The molecular weight excluding hydrogens is 246 g/mol. The van der Waals surface area contributed by atoms with Crippen LogP contribution >= 0.6 is 0 Å². The molecule has 0 saturated carbocycles. The van der Waals surface area contributed by atoms with Gasteiger partial charge in [0, 0.05) is 5.54 Å². The molecule has 1 aliphatic rings. The third kappa shape index (κ3) is 4.24. The Morgan fingerprint density at radius 1 is 1.25 bits per heavy atom. The van der Waals surface area contributed by atoms with E-state index in [1.165, 1.54) is 31.2 Å². The van der Waals surface area contributed by atoms with Crippen LogP contribution in [0.25, 0.3) is 0 Å². The number of rotatable bonds is 4. The van der Waals surface area contributed by atoms with Crippen molar-refractivity contribution in [1.29, 1.82) is 0 Å². The maximum Gasteiger partial charge on any atom is 0.119 e. The largest absolute Gasteiger partial charge is 0.497 e. The third-order valence-corrected chi connectivity index (χ3v) is 4.13. The van der Waals surface area contributed by atoms with Crippen molar-refractivity contribution in [3.63, 3.8) is 0 Å². The van der Waals surface area contributed by atoms with Crippen LogP contribution in [0.15, 0.2) is 24.3 Å². The van der Waals surface area contributed by atoms with Gasteiger partial charge in [-0.05, 0) is 55.3 Å². The molecule has 2 heteroatoms. The first kappa shape index (κ1) is 15.4. The molecule has 0 aliphatic carbocycles. The first-order chi connectivity index (χ1) is 9.42. The molecule has 1 unspecified atom stereocenters. The zero-order chi connectivity index (χ0) is 14.6. The third-order valence-electron chi connectivity index (χ3n) is 4.13. The van der Waals surface area contributed by atoms with Gasteiger partial charge < -0.3 is 10.1 Å². The predicted molar refractivity (Wildman–Crippen MR) is 85.4 cm³/mol. The first-order valence-electron chi connectivity index (χ1n) is 7.81. The lowest BCUT2D eigenvalue weighted by Gasteiger charge is -2.43. The summed E-state index contributed by atoms with van der Waals surface area (Å²) < 4.78 is 5.36. The molecule has 1 aromatic rings. The van der Waals surface area contributed by atoms with E-state index in [1.807, 2.05) is 6.07 Å². The monoisotopic (exact) mass is 275 g/mol. The molecule has 20 heavy (non-hydrogen) atoms. The summed E-state index contributed by atoms with van der Waals surface area (Å²) in [5, 5.41) is 3.83. The lowest BCUT2D eigenvalue weighted by Crippen LogP contribution is -2.52. The van der Waals surface area contributed by atoms with E-state index in [1.54, 1.807) is 7.11 Å². The van der Waals surface area contributed by atoms with Gasteiger partial charge in [0.1, 0.15) is 5.75 Å². The van der Waals surface area contributed by atoms with Gasteiger partial charge in [-0.25, -0.2) is 0 Å². The minimum Gasteiger partial charge on any atom is -0.497 e. The number of ether oxygens (including phenoxy) is 1. The van der Waals surface area contributed by atoms with E-state index in [-0.39, 0.29) is 5.54 Å². The molecule has 2 nitrogen and oxygen atoms in total. The fourth-order valence-electron chi connectivity index (χ4n) is 3.58. The van der Waals surface area contributed by atoms with E-state index >= 15 is 0 Å². The van der Waals surface area contributed by atoms with Crippen LogP contribution in [0.3, 0.4) is 0 Å². The summed E-state index contributed by atoms with van der Waals surface area (Å²) in [5.41, 5.74) is 1.98. The molecule has 2 rings (SSSR count). The number of hydrogen-bond acceptors (Lipinski definition) is 2. The standard InChI is InChI=1S/C18H29NO/c1-17(2,3)14-18(10-5-6-11-19-18)13-15-8-7-9-16(12-15)20-4/h7-9,12,19H,5-6,10-11,13-14H2,1-4H3. The van der Waals surface area contributed by atoms with Crippen molar-refractivity contribution < 1.29 is 4.74 Å². The minimum atomic E-state index is 0.253. The number of piperidine rings is 1. The molecule has 1 aliphatic heterocycles. The topological polar surface area (TPSA) is 21.3 Å². The van der Waals surface area contributed by atoms with Crippen LogP contribution in [0, 0.1) is 5.41 Å². The van der Waals surface area contributed by atoms with Crippen LogP contribution in [0.2, 0.25) is 0 Å². The Labute approximate surface area is 123 Å². The normalized spacial score (nSPS) is 23.6. The van der Waals surface area contributed by atoms with Crippen LogP contribution in [-0.4, -0.2) is 19.2 Å². The van der Waals surface area contributed by atoms with Crippen molar-refractivity contribution >= 4 is 0 Å². The van der Waals surface area contributed by atoms with Gasteiger partial charge in [-0.1, -0.05) is 39.3 Å². The Bertz CT molecular complexity index is 427. The average Bonchev–Trinajstić information content (AvgIpc) is 2.37. The van der Waals surface area contributed by atoms with Crippen molar-refractivity contribution in [2.24, 2.45) is 5.41 Å². The van der Waals surface area contributed by atoms with E-state index in [2.05, 4.69) is 44.3 Å². The second-order valence-electron chi connectivity index (χ2n) is 7.43. The maximum absolute atomic E-state index is 5.36. The molecule has 1 saturated heterocycles. The van der Waals surface area contributed by atoms with Gasteiger partial charge in [0.2, 0.25) is 0 Å². The van der Waals surface area contributed by atoms with Gasteiger partial charge in [0.05, 0.1) is 7.11 Å². The molecule has 0 bridgehead atoms. The lowest BCUT2D eigenvalue weighted by molar-refractivity contribution is 0.168. The fourth-order valence-corrected chi connectivity index (χ4v) is 3.58. The van der Waals surface area contributed by atoms with Gasteiger partial charge >= 0.3 is 0 Å². The van der Waals surface area contributed by atoms with E-state index in [4.69, 9.17) is 4.74 Å². The molecule has 1 heterocycles. The van der Waals surface area contributed by atoms with E-state index < -0.39 is 0 Å². The Morgan fingerprint density at radius 3 is 2.65 bits per heavy atom. The Morgan fingerprint density at radius 2 is 2.05 bits per heavy atom. The molecule has 1 atom stereocenters. The van der Waals surface area contributed by atoms with E-state index in [0.717, 1.165) is 18.7 Å². The van der Waals surface area contributed by atoms with Crippen molar-refractivity contribution in [1.82, 2.24) is 5.32 Å². The summed E-state index contributed by atoms with van der Waals surface area (Å²) in [6, 6.07) is 8.53. The summed E-state index contributed by atoms with van der Waals surface area (Å²) in [6.45, 7) is 8.18. The highest BCUT2D eigenvalue weighted by Crippen LogP contribution is 2.35. The van der Waals surface area contributed by atoms with Crippen molar-refractivity contribution in [2.45, 2.75) is 58.4 Å². The first-order valence-corrected chi connectivity index (χ1v) is 7.81. The molecule has 0 spiro atoms. The summed E-state index contributed by atoms with van der Waals surface area (Å²) in [5.74, 6) is 0.962. The second kappa shape index (κ2) is 6.17. The molecule has 1 aromatic carbocycles. The Hall–Kier alpha value is -1.02. The molecule has 112 valence electrons. The van der Waals surface area contributed by atoms with Gasteiger partial charge in [0.15, 0.2) is 0 Å². The highest BCUT2D eigenvalue weighted by Gasteiger charge is 2.35. The molecular formula is C18H29NO. The summed E-state index contributed by atoms with van der Waals surface area (Å²) in [4.78, 5) is 0. The van der Waals surface area contributed by atoms with Crippen LogP contribution in [0.5, 0.6) is 5.75 Å². The number of hydrogen-bond donors (Lipinski definition) is 1. The van der Waals surface area contributed by atoms with E-state index in [0.29, 0.717) is 5.41 Å². The zero-order valence-corrected chi connectivity index (χ0v) is 13.5. The van der Waals surface area contributed by atoms with Gasteiger partial charge in [-0.15, -0.1) is 0 Å². The lowest BCUT2D eigenvalue weighted by atomic mass is 9.72. The van der Waals surface area contributed by atoms with Crippen LogP contribution < -0.4 is 10.1 Å². The van der Waals surface area contributed by atoms with Crippen molar-refractivity contribution in [3.8, 4) is 5.75 Å². The Kier molecular flexibility index (Phi) is 4.74. The fraction of sp³-hybridized carbons (Fsp3) is 0.667. The van der Waals surface area contributed by atoms with Gasteiger partial charge in [-0.3, -0.25) is 0 Å². The van der Waals surface area contributed by atoms with Crippen LogP contribution in [0.4, 0.5) is 0 Å². The van der Waals surface area contributed by atoms with Gasteiger partial charge in [-0.2, -0.15) is 0 Å². The van der Waals surface area contributed by atoms with Crippen molar-refractivity contribution in [2.75, 3.05) is 13.7 Å². The van der Waals surface area contributed by atoms with Crippen molar-refractivity contribution in [3.05, 3.63) is 29.8 Å². The van der Waals surface area contributed by atoms with Crippen LogP contribution in [0.1, 0.15) is 52.0 Å². The Balaban J connectivity index is 2.18. The number of methoxy groups -OCH3 is 1. The second-order valence-corrected chi connectivity index (χ2v) is 7.43. The highest BCUT2D eigenvalue weighted by atomic mass is 16.5. The summed E-state index contributed by atoms with van der Waals surface area (Å²) in [7, 11) is 1.74. The SMILES string of the molecule is COc1cccc(CC2(CC(C)(C)C)CCCCN2)c1. The summed E-state index contributed by atoms with van der Waals surface area (Å²) in [6.07, 6.45) is 6.25. The minimum absolute atomic E-state index is 0.253. The molecule has 0 amide bonds. The summed E-state index contributed by atoms with van der Waals surface area (Å²) >= 11 is 0. The van der Waals surface area contributed by atoms with Gasteiger partial charge in [0.25, 0.3) is 0 Å². The molecule has 1 fully saturated rings. The molecule has 0 radical (unpaired) electrons. The molecule has 1 N–H and O–H groups in total. The highest BCUT2D eigenvalue weighted by molar-refractivity contribution is 5.30. The molecule has 0 aromatic heterocycles. The quantitative estimate of drug-likeness (QED) is 0.889. The maximum atomic E-state index is 5.36. The number of nitrogens with one attached hydrogen (secondary N) is 1.